The molecule has 0 spiro atoms. The van der Waals surface area contributed by atoms with Crippen LogP contribution in [-0.4, -0.2) is 27.1 Å². The maximum absolute atomic E-state index is 10.4. The number of nitriles is 3. The quantitative estimate of drug-likeness (QED) is 0.763. The predicted molar refractivity (Wildman–Crippen MR) is 119 cm³/mol. The van der Waals surface area contributed by atoms with E-state index in [1.807, 2.05) is 31.1 Å². The van der Waals surface area contributed by atoms with Gasteiger partial charge in [-0.1, -0.05) is 19.1 Å². The number of ether oxygens (including phenoxy) is 3. The molecule has 4 atom stereocenters. The molecule has 166 valence electrons. The first-order chi connectivity index (χ1) is 15.8. The fourth-order valence-electron chi connectivity index (χ4n) is 4.94. The number of methoxy groups -OCH3 is 1. The van der Waals surface area contributed by atoms with Crippen molar-refractivity contribution in [3.05, 3.63) is 59.7 Å². The van der Waals surface area contributed by atoms with E-state index < -0.39 is 34.5 Å². The molecule has 8 nitrogen and oxygen atoms in total. The highest BCUT2D eigenvalue weighted by Crippen LogP contribution is 2.69. The number of fused-ring (bicyclic) bond motifs is 2. The van der Waals surface area contributed by atoms with Crippen LogP contribution in [0.1, 0.15) is 24.2 Å². The first-order valence-corrected chi connectivity index (χ1v) is 10.4. The molecule has 4 rings (SSSR count). The van der Waals surface area contributed by atoms with Gasteiger partial charge >= 0.3 is 0 Å². The lowest BCUT2D eigenvalue weighted by molar-refractivity contribution is -0.288. The van der Waals surface area contributed by atoms with E-state index in [-0.39, 0.29) is 0 Å². The standard InChI is InChI=1S/C25H23N5O3/c1-16-24(15-28)22(29)33-25(16,18-7-11-20(31-4)12-8-18)32-21(23(24,13-26)14-27)17-5-9-19(10-6-17)30(2)3/h5-12,16,21,29H,1-4H3. The molecule has 2 saturated heterocycles. The van der Waals surface area contributed by atoms with E-state index in [0.717, 1.165) is 5.69 Å². The minimum atomic E-state index is -2.00. The second-order valence-corrected chi connectivity index (χ2v) is 8.48. The van der Waals surface area contributed by atoms with Crippen LogP contribution in [0, 0.1) is 56.2 Å². The Kier molecular flexibility index (Phi) is 5.04. The average molecular weight is 441 g/mol. The Bertz CT molecular complexity index is 1210. The SMILES string of the molecule is COc1ccc(C23OC(=N)C(C#N)(C2C)C(C#N)(C#N)C(c2ccc(N(C)C)cc2)O3)cc1. The van der Waals surface area contributed by atoms with E-state index in [1.165, 1.54) is 0 Å². The maximum Gasteiger partial charge on any atom is 0.244 e. The van der Waals surface area contributed by atoms with Gasteiger partial charge in [0.05, 0.1) is 31.2 Å². The minimum Gasteiger partial charge on any atom is -0.497 e. The molecule has 2 bridgehead atoms. The molecule has 4 unspecified atom stereocenters. The fourth-order valence-corrected chi connectivity index (χ4v) is 4.94. The topological polar surface area (TPSA) is 126 Å². The van der Waals surface area contributed by atoms with E-state index in [9.17, 15) is 15.8 Å². The molecular formula is C25H23N5O3. The van der Waals surface area contributed by atoms with Gasteiger partial charge in [0.2, 0.25) is 17.1 Å². The van der Waals surface area contributed by atoms with Crippen molar-refractivity contribution >= 4 is 11.6 Å². The summed E-state index contributed by atoms with van der Waals surface area (Å²) in [5.74, 6) is -2.16. The van der Waals surface area contributed by atoms with Crippen molar-refractivity contribution in [3.63, 3.8) is 0 Å². The Hall–Kier alpha value is -4.06. The summed E-state index contributed by atoms with van der Waals surface area (Å²) in [5.41, 5.74) is -1.79. The molecule has 8 heteroatoms. The van der Waals surface area contributed by atoms with Crippen LogP contribution in [-0.2, 0) is 15.3 Å². The number of rotatable bonds is 4. The number of benzene rings is 2. The largest absolute Gasteiger partial charge is 0.497 e. The monoisotopic (exact) mass is 441 g/mol. The lowest BCUT2D eigenvalue weighted by Crippen LogP contribution is -2.57. The molecule has 0 saturated carbocycles. The summed E-state index contributed by atoms with van der Waals surface area (Å²) in [6.07, 6.45) is -1.13. The van der Waals surface area contributed by atoms with Crippen molar-refractivity contribution in [1.29, 1.82) is 21.2 Å². The van der Waals surface area contributed by atoms with Crippen LogP contribution in [0.5, 0.6) is 5.75 Å². The summed E-state index contributed by atoms with van der Waals surface area (Å²) in [6, 6.07) is 20.5. The van der Waals surface area contributed by atoms with Gasteiger partial charge in [0.1, 0.15) is 11.9 Å². The average Bonchev–Trinajstić information content (AvgIpc) is 3.00. The van der Waals surface area contributed by atoms with Crippen molar-refractivity contribution in [2.24, 2.45) is 16.7 Å². The molecule has 2 aromatic carbocycles. The van der Waals surface area contributed by atoms with Gasteiger partial charge in [0.25, 0.3) is 0 Å². The smallest absolute Gasteiger partial charge is 0.244 e. The van der Waals surface area contributed by atoms with Gasteiger partial charge in [0, 0.05) is 25.3 Å². The molecule has 0 aromatic heterocycles. The molecule has 0 aliphatic carbocycles. The third kappa shape index (κ3) is 2.67. The first-order valence-electron chi connectivity index (χ1n) is 10.4. The van der Waals surface area contributed by atoms with Gasteiger partial charge in [-0.2, -0.15) is 15.8 Å². The molecule has 2 aliphatic heterocycles. The number of nitrogens with one attached hydrogen (secondary N) is 1. The Balaban J connectivity index is 1.97. The predicted octanol–water partition coefficient (Wildman–Crippen LogP) is 3.87. The van der Waals surface area contributed by atoms with Crippen LogP contribution in [0.25, 0.3) is 0 Å². The van der Waals surface area contributed by atoms with E-state index in [2.05, 4.69) is 18.2 Å². The zero-order chi connectivity index (χ0) is 24.0. The van der Waals surface area contributed by atoms with Gasteiger partial charge in [-0.15, -0.1) is 0 Å². The molecule has 2 aliphatic rings. The molecule has 0 amide bonds. The van der Waals surface area contributed by atoms with E-state index >= 15 is 0 Å². The van der Waals surface area contributed by atoms with Crippen LogP contribution in [0.2, 0.25) is 0 Å². The van der Waals surface area contributed by atoms with Gasteiger partial charge in [-0.25, -0.2) is 0 Å². The minimum absolute atomic E-state index is 0.441. The third-order valence-corrected chi connectivity index (χ3v) is 6.87. The van der Waals surface area contributed by atoms with E-state index in [4.69, 9.17) is 19.6 Å². The Labute approximate surface area is 192 Å². The highest BCUT2D eigenvalue weighted by atomic mass is 16.7. The van der Waals surface area contributed by atoms with Crippen molar-refractivity contribution < 1.29 is 14.2 Å². The normalized spacial score (nSPS) is 29.2. The van der Waals surface area contributed by atoms with E-state index in [1.54, 1.807) is 50.4 Å². The van der Waals surface area contributed by atoms with Gasteiger partial charge in [-0.3, -0.25) is 5.41 Å². The van der Waals surface area contributed by atoms with Crippen LogP contribution in [0.3, 0.4) is 0 Å². The van der Waals surface area contributed by atoms with Crippen LogP contribution >= 0.6 is 0 Å². The highest BCUT2D eigenvalue weighted by Gasteiger charge is 2.79. The summed E-state index contributed by atoms with van der Waals surface area (Å²) in [5, 5.41) is 39.7. The Morgan fingerprint density at radius 3 is 2.06 bits per heavy atom. The second kappa shape index (κ2) is 7.52. The summed E-state index contributed by atoms with van der Waals surface area (Å²) in [6.45, 7) is 1.68. The number of anilines is 1. The van der Waals surface area contributed by atoms with Gasteiger partial charge in [0.15, 0.2) is 5.41 Å². The molecule has 33 heavy (non-hydrogen) atoms. The maximum atomic E-state index is 10.4. The van der Waals surface area contributed by atoms with Crippen molar-refractivity contribution in [1.82, 2.24) is 0 Å². The summed E-state index contributed by atoms with van der Waals surface area (Å²) in [4.78, 5) is 1.92. The summed E-state index contributed by atoms with van der Waals surface area (Å²) < 4.78 is 17.7. The van der Waals surface area contributed by atoms with Gasteiger partial charge in [-0.05, 0) is 42.0 Å². The van der Waals surface area contributed by atoms with E-state index in [0.29, 0.717) is 16.9 Å². The summed E-state index contributed by atoms with van der Waals surface area (Å²) in [7, 11) is 5.36. The molecule has 2 heterocycles. The zero-order valence-corrected chi connectivity index (χ0v) is 18.8. The molecule has 1 N–H and O–H groups in total. The zero-order valence-electron chi connectivity index (χ0n) is 18.8. The Morgan fingerprint density at radius 2 is 1.58 bits per heavy atom. The first kappa shape index (κ1) is 22.1. The van der Waals surface area contributed by atoms with Crippen LogP contribution < -0.4 is 9.64 Å². The van der Waals surface area contributed by atoms with Crippen LogP contribution in [0.15, 0.2) is 48.5 Å². The fraction of sp³-hybridized carbons (Fsp3) is 0.360. The Morgan fingerprint density at radius 1 is 0.970 bits per heavy atom. The lowest BCUT2D eigenvalue weighted by atomic mass is 9.53. The van der Waals surface area contributed by atoms with Crippen LogP contribution in [0.4, 0.5) is 5.69 Å². The van der Waals surface area contributed by atoms with Crippen molar-refractivity contribution in [2.75, 3.05) is 26.1 Å². The molecular weight excluding hydrogens is 418 g/mol. The lowest BCUT2D eigenvalue weighted by Gasteiger charge is -2.48. The second-order valence-electron chi connectivity index (χ2n) is 8.48. The highest BCUT2D eigenvalue weighted by molar-refractivity contribution is 5.89. The van der Waals surface area contributed by atoms with Crippen molar-refractivity contribution in [2.45, 2.75) is 18.8 Å². The number of hydrogen-bond acceptors (Lipinski definition) is 8. The molecule has 2 fully saturated rings. The summed E-state index contributed by atoms with van der Waals surface area (Å²) >= 11 is 0. The molecule has 0 radical (unpaired) electrons. The van der Waals surface area contributed by atoms with Gasteiger partial charge < -0.3 is 19.1 Å². The molecule has 2 aromatic rings. The van der Waals surface area contributed by atoms with Crippen molar-refractivity contribution in [3.8, 4) is 24.0 Å². The number of nitrogens with zero attached hydrogens (tertiary/aromatic N) is 4. The number of hydrogen-bond donors (Lipinski definition) is 1. The third-order valence-electron chi connectivity index (χ3n) is 6.87.